The molecule has 49 heavy (non-hydrogen) atoms. The van der Waals surface area contributed by atoms with Gasteiger partial charge in [-0.1, -0.05) is 77.4 Å². The van der Waals surface area contributed by atoms with Gasteiger partial charge in [0.05, 0.1) is 16.7 Å². The van der Waals surface area contributed by atoms with E-state index in [9.17, 15) is 0 Å². The maximum atomic E-state index is 6.82. The summed E-state index contributed by atoms with van der Waals surface area (Å²) in [6, 6.07) is 34.6. The predicted molar refractivity (Wildman–Crippen MR) is 205 cm³/mol. The van der Waals surface area contributed by atoms with Crippen molar-refractivity contribution in [2.24, 2.45) is 0 Å². The largest absolute Gasteiger partial charge is 0.457 e. The van der Waals surface area contributed by atoms with Crippen LogP contribution in [0.5, 0.6) is 11.5 Å². The average molecular weight is 644 g/mol. The number of fused-ring (bicyclic) bond motifs is 3. The fourth-order valence-corrected chi connectivity index (χ4v) is 7.04. The monoisotopic (exact) mass is 643 g/mol. The van der Waals surface area contributed by atoms with Crippen LogP contribution in [0.1, 0.15) is 69.4 Å². The van der Waals surface area contributed by atoms with Crippen molar-refractivity contribution in [1.29, 1.82) is 0 Å². The number of hydrogen-bond acceptors (Lipinski definition) is 3. The molecule has 0 aliphatic rings. The zero-order valence-electron chi connectivity index (χ0n) is 30.1. The molecule has 0 fully saturated rings. The quantitative estimate of drug-likeness (QED) is 0.187. The molecule has 0 saturated carbocycles. The second kappa shape index (κ2) is 12.0. The van der Waals surface area contributed by atoms with Gasteiger partial charge in [0, 0.05) is 34.8 Å². The molecule has 0 atom stereocenters. The highest BCUT2D eigenvalue weighted by atomic mass is 16.5. The van der Waals surface area contributed by atoms with Gasteiger partial charge >= 0.3 is 0 Å². The minimum atomic E-state index is 0.00284. The third kappa shape index (κ3) is 6.24. The van der Waals surface area contributed by atoms with Gasteiger partial charge in [0.15, 0.2) is 0 Å². The van der Waals surface area contributed by atoms with Crippen LogP contribution in [0.4, 0.5) is 0 Å². The first-order valence-corrected chi connectivity index (χ1v) is 17.1. The SMILES string of the molecule is Cc1cc(C)c(-c2cc(Oc3ccc4c5ccccc5n(-c5cc(C(C)(C)C)ccn5)c4c3)cc(-c3cc(C(C)(C)C)ccn3)c2)c(C)c1. The van der Waals surface area contributed by atoms with Gasteiger partial charge in [-0.3, -0.25) is 9.55 Å². The normalized spacial score (nSPS) is 12.2. The van der Waals surface area contributed by atoms with Crippen molar-refractivity contribution in [1.82, 2.24) is 14.5 Å². The summed E-state index contributed by atoms with van der Waals surface area (Å²) in [6.07, 6.45) is 3.84. The topological polar surface area (TPSA) is 39.9 Å². The molecule has 0 aliphatic carbocycles. The molecular weight excluding hydrogens is 599 g/mol. The smallest absolute Gasteiger partial charge is 0.137 e. The highest BCUT2D eigenvalue weighted by Crippen LogP contribution is 2.39. The number of para-hydroxylation sites is 1. The summed E-state index contributed by atoms with van der Waals surface area (Å²) in [5.41, 5.74) is 12.7. The van der Waals surface area contributed by atoms with Crippen molar-refractivity contribution in [3.63, 3.8) is 0 Å². The van der Waals surface area contributed by atoms with Crippen molar-refractivity contribution in [3.8, 4) is 39.7 Å². The number of nitrogens with zero attached hydrogens (tertiary/aromatic N) is 3. The lowest BCUT2D eigenvalue weighted by molar-refractivity contribution is 0.483. The number of aromatic nitrogens is 3. The zero-order chi connectivity index (χ0) is 34.7. The van der Waals surface area contributed by atoms with Crippen molar-refractivity contribution in [2.45, 2.75) is 73.1 Å². The highest BCUT2D eigenvalue weighted by molar-refractivity contribution is 6.09. The fourth-order valence-electron chi connectivity index (χ4n) is 7.04. The summed E-state index contributed by atoms with van der Waals surface area (Å²) < 4.78 is 9.07. The fraction of sp³-hybridized carbons (Fsp3) is 0.244. The summed E-state index contributed by atoms with van der Waals surface area (Å²) in [4.78, 5) is 9.70. The van der Waals surface area contributed by atoms with E-state index in [1.807, 2.05) is 12.4 Å². The van der Waals surface area contributed by atoms with Gasteiger partial charge in [-0.2, -0.15) is 0 Å². The van der Waals surface area contributed by atoms with Crippen LogP contribution >= 0.6 is 0 Å². The molecule has 7 aromatic rings. The minimum absolute atomic E-state index is 0.00284. The van der Waals surface area contributed by atoms with E-state index >= 15 is 0 Å². The van der Waals surface area contributed by atoms with Crippen molar-refractivity contribution < 1.29 is 4.74 Å². The lowest BCUT2D eigenvalue weighted by Gasteiger charge is -2.20. The summed E-state index contributed by atoms with van der Waals surface area (Å²) in [6.45, 7) is 20.0. The number of ether oxygens (including phenoxy) is 1. The van der Waals surface area contributed by atoms with E-state index in [4.69, 9.17) is 14.7 Å². The summed E-state index contributed by atoms with van der Waals surface area (Å²) >= 11 is 0. The van der Waals surface area contributed by atoms with Gasteiger partial charge in [-0.05, 0) is 126 Å². The summed E-state index contributed by atoms with van der Waals surface area (Å²) in [5.74, 6) is 2.43. The predicted octanol–water partition coefficient (Wildman–Crippen LogP) is 12.2. The zero-order valence-corrected chi connectivity index (χ0v) is 30.1. The van der Waals surface area contributed by atoms with Crippen molar-refractivity contribution >= 4 is 21.8 Å². The van der Waals surface area contributed by atoms with E-state index in [1.54, 1.807) is 0 Å². The molecule has 4 heteroatoms. The minimum Gasteiger partial charge on any atom is -0.457 e. The Labute approximate surface area is 290 Å². The molecule has 246 valence electrons. The lowest BCUT2D eigenvalue weighted by Crippen LogP contribution is -2.12. The van der Waals surface area contributed by atoms with Crippen molar-refractivity contribution in [3.05, 3.63) is 137 Å². The summed E-state index contributed by atoms with van der Waals surface area (Å²) in [7, 11) is 0. The Morgan fingerprint density at radius 3 is 1.90 bits per heavy atom. The van der Waals surface area contributed by atoms with E-state index in [0.29, 0.717) is 0 Å². The second-order valence-corrected chi connectivity index (χ2v) is 15.5. The maximum absolute atomic E-state index is 6.82. The molecule has 0 bridgehead atoms. The van der Waals surface area contributed by atoms with Gasteiger partial charge in [0.2, 0.25) is 0 Å². The van der Waals surface area contributed by atoms with Gasteiger partial charge in [0.1, 0.15) is 17.3 Å². The Hall–Kier alpha value is -5.22. The number of rotatable bonds is 5. The van der Waals surface area contributed by atoms with Crippen LogP contribution in [0.3, 0.4) is 0 Å². The van der Waals surface area contributed by atoms with Gasteiger partial charge in [0.25, 0.3) is 0 Å². The van der Waals surface area contributed by atoms with Crippen LogP contribution in [-0.4, -0.2) is 14.5 Å². The average Bonchev–Trinajstić information content (AvgIpc) is 3.37. The van der Waals surface area contributed by atoms with Crippen LogP contribution in [0.25, 0.3) is 50.0 Å². The molecule has 0 N–H and O–H groups in total. The molecule has 0 saturated heterocycles. The van der Waals surface area contributed by atoms with Gasteiger partial charge in [-0.25, -0.2) is 4.98 Å². The number of benzene rings is 4. The number of pyridine rings is 2. The molecule has 0 spiro atoms. The van der Waals surface area contributed by atoms with Gasteiger partial charge < -0.3 is 4.74 Å². The molecule has 3 aromatic heterocycles. The number of hydrogen-bond donors (Lipinski definition) is 0. The molecular formula is C45H45N3O. The molecule has 0 aliphatic heterocycles. The Morgan fingerprint density at radius 2 is 1.18 bits per heavy atom. The Balaban J connectivity index is 1.39. The number of aryl methyl sites for hydroxylation is 3. The Kier molecular flexibility index (Phi) is 7.94. The molecule has 0 unspecified atom stereocenters. The second-order valence-electron chi connectivity index (χ2n) is 15.5. The van der Waals surface area contributed by atoms with Crippen LogP contribution in [-0.2, 0) is 10.8 Å². The van der Waals surface area contributed by atoms with Crippen LogP contribution in [0.2, 0.25) is 0 Å². The maximum Gasteiger partial charge on any atom is 0.137 e. The first-order valence-electron chi connectivity index (χ1n) is 17.1. The van der Waals surface area contributed by atoms with E-state index in [2.05, 4.69) is 164 Å². The van der Waals surface area contributed by atoms with Crippen LogP contribution in [0, 0.1) is 20.8 Å². The molecule has 4 aromatic carbocycles. The molecule has 0 amide bonds. The van der Waals surface area contributed by atoms with E-state index < -0.39 is 0 Å². The lowest BCUT2D eigenvalue weighted by atomic mass is 9.86. The first kappa shape index (κ1) is 32.3. The molecule has 7 rings (SSSR count). The third-order valence-electron chi connectivity index (χ3n) is 9.52. The van der Waals surface area contributed by atoms with Crippen LogP contribution in [0.15, 0.2) is 109 Å². The van der Waals surface area contributed by atoms with E-state index in [0.717, 1.165) is 50.6 Å². The van der Waals surface area contributed by atoms with Crippen molar-refractivity contribution in [2.75, 3.05) is 0 Å². The van der Waals surface area contributed by atoms with Crippen LogP contribution < -0.4 is 4.74 Å². The molecule has 3 heterocycles. The Bertz CT molecular complexity index is 2340. The molecule has 0 radical (unpaired) electrons. The summed E-state index contributed by atoms with van der Waals surface area (Å²) in [5, 5.41) is 2.35. The first-order chi connectivity index (χ1) is 23.3. The van der Waals surface area contributed by atoms with E-state index in [-0.39, 0.29) is 10.8 Å². The van der Waals surface area contributed by atoms with Gasteiger partial charge in [-0.15, -0.1) is 0 Å². The van der Waals surface area contributed by atoms with E-state index in [1.165, 1.54) is 38.8 Å². The highest BCUT2D eigenvalue weighted by Gasteiger charge is 2.20. The standard InChI is InChI=1S/C45H45N3O/c1-28-20-29(2)43(30(3)21-28)32-22-31(39-25-33(16-18-46-39)44(4,5)6)23-36(24-32)49-35-14-15-38-37-12-10-11-13-40(37)48(41(38)27-35)42-26-34(17-19-47-42)45(7,8)9/h10-27H,1-9H3. The molecule has 4 nitrogen and oxygen atoms in total. The third-order valence-corrected chi connectivity index (χ3v) is 9.52. The Morgan fingerprint density at radius 1 is 0.551 bits per heavy atom.